The van der Waals surface area contributed by atoms with E-state index in [9.17, 15) is 0 Å². The van der Waals surface area contributed by atoms with Crippen molar-refractivity contribution in [3.63, 3.8) is 0 Å². The van der Waals surface area contributed by atoms with Gasteiger partial charge < -0.3 is 6.08 Å². The Morgan fingerprint density at radius 1 is 1.50 bits per heavy atom. The van der Waals surface area contributed by atoms with E-state index in [0.29, 0.717) is 0 Å². The first-order valence-electron chi connectivity index (χ1n) is 1.96. The summed E-state index contributed by atoms with van der Waals surface area (Å²) in [6, 6.07) is 0. The first-order valence-corrected chi connectivity index (χ1v) is 1.96. The van der Waals surface area contributed by atoms with Crippen LogP contribution in [0.5, 0.6) is 0 Å². The van der Waals surface area contributed by atoms with Crippen LogP contribution in [0, 0.1) is 12.0 Å². The molecule has 1 fully saturated rings. The van der Waals surface area contributed by atoms with Crippen LogP contribution in [0.1, 0.15) is 12.8 Å². The van der Waals surface area contributed by atoms with Gasteiger partial charge in [-0.2, -0.15) is 5.92 Å². The van der Waals surface area contributed by atoms with Crippen molar-refractivity contribution in [3.05, 3.63) is 12.7 Å². The average molecular weight is 74.1 g/mol. The molecule has 0 spiro atoms. The van der Waals surface area contributed by atoms with E-state index < -0.39 is 0 Å². The topological polar surface area (TPSA) is 0 Å². The maximum atomic E-state index is 3.50. The minimum absolute atomic E-state index is 0. The van der Waals surface area contributed by atoms with Gasteiger partial charge in [0.2, 0.25) is 0 Å². The molecule has 0 atom stereocenters. The van der Waals surface area contributed by atoms with E-state index in [0.717, 1.165) is 5.92 Å². The first-order chi connectivity index (χ1) is 2.43. The second-order valence-electron chi connectivity index (χ2n) is 1.48. The van der Waals surface area contributed by atoms with Crippen molar-refractivity contribution >= 4 is 0 Å². The maximum absolute atomic E-state index is 3.50. The SMILES string of the molecule is C=[C-]C1CC1.[Li+]. The molecular formula is C5H7Li. The maximum Gasteiger partial charge on any atom is 1.00 e. The number of hydrogen-bond donors (Lipinski definition) is 0. The van der Waals surface area contributed by atoms with Gasteiger partial charge in [-0.15, -0.1) is 0 Å². The van der Waals surface area contributed by atoms with Gasteiger partial charge in [-0.1, -0.05) is 12.8 Å². The summed E-state index contributed by atoms with van der Waals surface area (Å²) in [5.74, 6) is 0.773. The van der Waals surface area contributed by atoms with Gasteiger partial charge in [-0.3, -0.25) is 6.58 Å². The normalized spacial score (nSPS) is 18.7. The summed E-state index contributed by atoms with van der Waals surface area (Å²) < 4.78 is 0. The summed E-state index contributed by atoms with van der Waals surface area (Å²) in [6.45, 7) is 3.50. The molecule has 1 saturated carbocycles. The molecule has 1 aliphatic carbocycles. The second-order valence-corrected chi connectivity index (χ2v) is 1.48. The van der Waals surface area contributed by atoms with Crippen LogP contribution in [0.15, 0.2) is 6.58 Å². The zero-order chi connectivity index (χ0) is 3.70. The van der Waals surface area contributed by atoms with Gasteiger partial charge in [0.1, 0.15) is 0 Å². The van der Waals surface area contributed by atoms with Crippen LogP contribution >= 0.6 is 0 Å². The first kappa shape index (κ1) is 6.34. The fourth-order valence-electron chi connectivity index (χ4n) is 0.287. The molecule has 6 heavy (non-hydrogen) atoms. The van der Waals surface area contributed by atoms with Crippen molar-refractivity contribution in [3.8, 4) is 0 Å². The molecule has 0 saturated heterocycles. The van der Waals surface area contributed by atoms with Crippen molar-refractivity contribution in [2.24, 2.45) is 5.92 Å². The van der Waals surface area contributed by atoms with Crippen molar-refractivity contribution in [1.82, 2.24) is 0 Å². The fraction of sp³-hybridized carbons (Fsp3) is 0.600. The molecule has 0 unspecified atom stereocenters. The summed E-state index contributed by atoms with van der Waals surface area (Å²) in [5.41, 5.74) is 0. The fourth-order valence-corrected chi connectivity index (χ4v) is 0.287. The third-order valence-corrected chi connectivity index (χ3v) is 0.866. The van der Waals surface area contributed by atoms with Crippen LogP contribution in [0.3, 0.4) is 0 Å². The predicted octanol–water partition coefficient (Wildman–Crippen LogP) is -1.61. The van der Waals surface area contributed by atoms with Gasteiger partial charge >= 0.3 is 18.9 Å². The monoisotopic (exact) mass is 74.1 g/mol. The van der Waals surface area contributed by atoms with Crippen LogP contribution in [0.2, 0.25) is 0 Å². The molecule has 0 aromatic carbocycles. The molecule has 0 amide bonds. The van der Waals surface area contributed by atoms with E-state index in [1.54, 1.807) is 0 Å². The third-order valence-electron chi connectivity index (χ3n) is 0.866. The van der Waals surface area contributed by atoms with Crippen LogP contribution < -0.4 is 18.9 Å². The Labute approximate surface area is 50.8 Å². The Hall–Kier alpha value is 0.337. The van der Waals surface area contributed by atoms with Crippen LogP contribution in [0.25, 0.3) is 0 Å². The molecule has 1 rings (SSSR count). The van der Waals surface area contributed by atoms with E-state index >= 15 is 0 Å². The predicted molar refractivity (Wildman–Crippen MR) is 21.6 cm³/mol. The Morgan fingerprint density at radius 3 is 2.00 bits per heavy atom. The molecule has 0 aromatic rings. The average Bonchev–Trinajstić information content (AvgIpc) is 2.12. The smallest absolute Gasteiger partial charge is 0.501 e. The third kappa shape index (κ3) is 1.70. The zero-order valence-electron chi connectivity index (χ0n) is 4.20. The van der Waals surface area contributed by atoms with Crippen LogP contribution in [-0.2, 0) is 0 Å². The minimum atomic E-state index is 0. The van der Waals surface area contributed by atoms with Crippen molar-refractivity contribution in [2.45, 2.75) is 12.8 Å². The zero-order valence-corrected chi connectivity index (χ0v) is 4.20. The molecule has 0 aromatic heterocycles. The van der Waals surface area contributed by atoms with Crippen molar-refractivity contribution in [1.29, 1.82) is 0 Å². The van der Waals surface area contributed by atoms with Gasteiger partial charge in [0.05, 0.1) is 0 Å². The standard InChI is InChI=1S/C5H7.Li/c1-2-5-3-4-5;/h5H,1,3-4H2;/q-1;+1. The molecule has 0 nitrogen and oxygen atoms in total. The molecular weight excluding hydrogens is 67.0 g/mol. The second kappa shape index (κ2) is 2.50. The van der Waals surface area contributed by atoms with Crippen LogP contribution in [-0.4, -0.2) is 0 Å². The molecule has 0 N–H and O–H groups in total. The summed E-state index contributed by atoms with van der Waals surface area (Å²) >= 11 is 0. The van der Waals surface area contributed by atoms with Gasteiger partial charge in [0.25, 0.3) is 0 Å². The summed E-state index contributed by atoms with van der Waals surface area (Å²) in [6.07, 6.45) is 5.56. The summed E-state index contributed by atoms with van der Waals surface area (Å²) in [4.78, 5) is 0. The molecule has 28 valence electrons. The molecule has 0 aliphatic heterocycles. The number of hydrogen-bond acceptors (Lipinski definition) is 0. The number of rotatable bonds is 1. The summed E-state index contributed by atoms with van der Waals surface area (Å²) in [7, 11) is 0. The van der Waals surface area contributed by atoms with E-state index in [1.807, 2.05) is 0 Å². The Bertz CT molecular complexity index is 45.9. The van der Waals surface area contributed by atoms with E-state index in [-0.39, 0.29) is 18.9 Å². The van der Waals surface area contributed by atoms with Crippen LogP contribution in [0.4, 0.5) is 0 Å². The summed E-state index contributed by atoms with van der Waals surface area (Å²) in [5, 5.41) is 0. The molecule has 0 heterocycles. The van der Waals surface area contributed by atoms with Gasteiger partial charge in [-0.25, -0.2) is 0 Å². The van der Waals surface area contributed by atoms with Crippen molar-refractivity contribution in [2.75, 3.05) is 0 Å². The molecule has 1 heteroatoms. The Balaban J connectivity index is 0.000000250. The van der Waals surface area contributed by atoms with Crippen molar-refractivity contribution < 1.29 is 18.9 Å². The van der Waals surface area contributed by atoms with E-state index in [2.05, 4.69) is 12.7 Å². The largest absolute Gasteiger partial charge is 1.00 e. The Kier molecular flexibility index (Phi) is 2.64. The minimum Gasteiger partial charge on any atom is -0.501 e. The van der Waals surface area contributed by atoms with Gasteiger partial charge in [-0.05, 0) is 0 Å². The molecule has 0 radical (unpaired) electrons. The molecule has 0 bridgehead atoms. The quantitative estimate of drug-likeness (QED) is 0.259. The van der Waals surface area contributed by atoms with E-state index in [1.165, 1.54) is 12.8 Å². The number of allylic oxidation sites excluding steroid dienone is 1. The van der Waals surface area contributed by atoms with Gasteiger partial charge in [0, 0.05) is 0 Å². The van der Waals surface area contributed by atoms with Gasteiger partial charge in [0.15, 0.2) is 0 Å². The molecule has 1 aliphatic rings. The van der Waals surface area contributed by atoms with E-state index in [4.69, 9.17) is 0 Å². The Morgan fingerprint density at radius 2 is 2.00 bits per heavy atom.